The summed E-state index contributed by atoms with van der Waals surface area (Å²) in [5.41, 5.74) is 5.94. The topological polar surface area (TPSA) is 52.3 Å². The van der Waals surface area contributed by atoms with E-state index in [1.807, 2.05) is 19.9 Å². The summed E-state index contributed by atoms with van der Waals surface area (Å²) in [6, 6.07) is 10.4. The standard InChI is InChI=1S/C16H25NO2/c1-5-14(16(3,4)19-15(17)18)11-12(2)13-9-7-6-8-10-13/h6-10,12,14H,5,11H2,1-4H3,(H2,17,18)/t12-,14?/m1/s1. The van der Waals surface area contributed by atoms with E-state index in [-0.39, 0.29) is 5.92 Å². The molecule has 106 valence electrons. The van der Waals surface area contributed by atoms with Gasteiger partial charge in [0.2, 0.25) is 0 Å². The van der Waals surface area contributed by atoms with Crippen molar-refractivity contribution in [2.45, 2.75) is 52.1 Å². The van der Waals surface area contributed by atoms with Crippen molar-refractivity contribution < 1.29 is 9.53 Å². The molecule has 2 atom stereocenters. The van der Waals surface area contributed by atoms with Crippen molar-refractivity contribution in [3.63, 3.8) is 0 Å². The molecule has 0 saturated carbocycles. The van der Waals surface area contributed by atoms with Crippen LogP contribution in [0.25, 0.3) is 0 Å². The van der Waals surface area contributed by atoms with E-state index in [1.54, 1.807) is 0 Å². The largest absolute Gasteiger partial charge is 0.443 e. The Morgan fingerprint density at radius 3 is 2.37 bits per heavy atom. The van der Waals surface area contributed by atoms with Crippen LogP contribution >= 0.6 is 0 Å². The first-order valence-electron chi connectivity index (χ1n) is 6.90. The number of primary amides is 1. The van der Waals surface area contributed by atoms with Crippen LogP contribution in [-0.4, -0.2) is 11.7 Å². The predicted molar refractivity (Wildman–Crippen MR) is 78.0 cm³/mol. The first-order chi connectivity index (χ1) is 8.86. The van der Waals surface area contributed by atoms with Gasteiger partial charge in [-0.2, -0.15) is 0 Å². The van der Waals surface area contributed by atoms with E-state index in [4.69, 9.17) is 10.5 Å². The summed E-state index contributed by atoms with van der Waals surface area (Å²) >= 11 is 0. The molecule has 1 aromatic carbocycles. The maximum absolute atomic E-state index is 11.0. The molecular formula is C16H25NO2. The summed E-state index contributed by atoms with van der Waals surface area (Å²) in [4.78, 5) is 11.0. The highest BCUT2D eigenvalue weighted by molar-refractivity contribution is 5.65. The van der Waals surface area contributed by atoms with Crippen LogP contribution in [0.4, 0.5) is 4.79 Å². The number of ether oxygens (including phenoxy) is 1. The molecule has 3 heteroatoms. The number of rotatable bonds is 6. The SMILES string of the molecule is CCC(C[C@@H](C)c1ccccc1)C(C)(C)OC(N)=O. The first kappa shape index (κ1) is 15.5. The molecule has 1 amide bonds. The van der Waals surface area contributed by atoms with Crippen molar-refractivity contribution in [1.82, 2.24) is 0 Å². The maximum Gasteiger partial charge on any atom is 0.405 e. The lowest BCUT2D eigenvalue weighted by atomic mass is 9.80. The van der Waals surface area contributed by atoms with Gasteiger partial charge in [0, 0.05) is 0 Å². The molecule has 2 N–H and O–H groups in total. The second-order valence-electron chi connectivity index (χ2n) is 5.68. The monoisotopic (exact) mass is 263 g/mol. The number of amides is 1. The highest BCUT2D eigenvalue weighted by Gasteiger charge is 2.32. The number of nitrogens with two attached hydrogens (primary N) is 1. The summed E-state index contributed by atoms with van der Waals surface area (Å²) in [7, 11) is 0. The molecule has 3 nitrogen and oxygen atoms in total. The number of carbonyl (C=O) groups is 1. The van der Waals surface area contributed by atoms with Gasteiger partial charge in [-0.3, -0.25) is 0 Å². The third kappa shape index (κ3) is 4.58. The summed E-state index contributed by atoms with van der Waals surface area (Å²) in [5, 5.41) is 0. The molecule has 0 aliphatic carbocycles. The molecule has 1 rings (SSSR count). The third-order valence-corrected chi connectivity index (χ3v) is 3.85. The highest BCUT2D eigenvalue weighted by atomic mass is 16.6. The van der Waals surface area contributed by atoms with Crippen LogP contribution in [0.3, 0.4) is 0 Å². The zero-order valence-electron chi connectivity index (χ0n) is 12.3. The fourth-order valence-electron chi connectivity index (χ4n) is 2.63. The average molecular weight is 263 g/mol. The van der Waals surface area contributed by atoms with Gasteiger partial charge in [0.1, 0.15) is 5.60 Å². The van der Waals surface area contributed by atoms with Crippen LogP contribution in [0.5, 0.6) is 0 Å². The summed E-state index contributed by atoms with van der Waals surface area (Å²) in [6.45, 7) is 8.19. The molecule has 0 bridgehead atoms. The van der Waals surface area contributed by atoms with Gasteiger partial charge in [-0.05, 0) is 44.1 Å². The normalized spacial score (nSPS) is 14.7. The van der Waals surface area contributed by atoms with Gasteiger partial charge >= 0.3 is 6.09 Å². The molecule has 0 aliphatic heterocycles. The minimum absolute atomic E-state index is 0.287. The third-order valence-electron chi connectivity index (χ3n) is 3.85. The molecule has 0 heterocycles. The van der Waals surface area contributed by atoms with Gasteiger partial charge in [0.25, 0.3) is 0 Å². The van der Waals surface area contributed by atoms with E-state index in [9.17, 15) is 4.79 Å². The Morgan fingerprint density at radius 2 is 1.89 bits per heavy atom. The fourth-order valence-corrected chi connectivity index (χ4v) is 2.63. The van der Waals surface area contributed by atoms with E-state index in [2.05, 4.69) is 38.1 Å². The van der Waals surface area contributed by atoms with E-state index in [0.29, 0.717) is 5.92 Å². The van der Waals surface area contributed by atoms with Crippen LogP contribution in [0.1, 0.15) is 52.0 Å². The molecule has 1 unspecified atom stereocenters. The van der Waals surface area contributed by atoms with Crippen molar-refractivity contribution >= 4 is 6.09 Å². The molecule has 0 spiro atoms. The number of hydrogen-bond acceptors (Lipinski definition) is 2. The molecule has 0 fully saturated rings. The van der Waals surface area contributed by atoms with Crippen LogP contribution in [0.15, 0.2) is 30.3 Å². The van der Waals surface area contributed by atoms with Crippen LogP contribution in [-0.2, 0) is 4.74 Å². The lowest BCUT2D eigenvalue weighted by Crippen LogP contribution is -2.39. The Morgan fingerprint density at radius 1 is 1.32 bits per heavy atom. The molecule has 1 aromatic rings. The second kappa shape index (κ2) is 6.60. The van der Waals surface area contributed by atoms with Gasteiger partial charge in [0.15, 0.2) is 0 Å². The molecule has 19 heavy (non-hydrogen) atoms. The maximum atomic E-state index is 11.0. The number of carbonyl (C=O) groups excluding carboxylic acids is 1. The Labute approximate surface area is 116 Å². The van der Waals surface area contributed by atoms with Gasteiger partial charge in [-0.15, -0.1) is 0 Å². The van der Waals surface area contributed by atoms with Crippen LogP contribution in [0.2, 0.25) is 0 Å². The predicted octanol–water partition coefficient (Wildman–Crippen LogP) is 4.08. The van der Waals surface area contributed by atoms with Gasteiger partial charge in [0.05, 0.1) is 0 Å². The zero-order valence-corrected chi connectivity index (χ0v) is 12.3. The van der Waals surface area contributed by atoms with Gasteiger partial charge in [-0.1, -0.05) is 44.2 Å². The Bertz CT molecular complexity index is 400. The van der Waals surface area contributed by atoms with Gasteiger partial charge < -0.3 is 10.5 Å². The van der Waals surface area contributed by atoms with E-state index < -0.39 is 11.7 Å². The van der Waals surface area contributed by atoms with Crippen molar-refractivity contribution in [1.29, 1.82) is 0 Å². The molecule has 0 aromatic heterocycles. The first-order valence-corrected chi connectivity index (χ1v) is 6.90. The molecule has 0 saturated heterocycles. The Hall–Kier alpha value is -1.51. The number of hydrogen-bond donors (Lipinski definition) is 1. The van der Waals surface area contributed by atoms with Crippen molar-refractivity contribution in [3.8, 4) is 0 Å². The van der Waals surface area contributed by atoms with Crippen molar-refractivity contribution in [2.24, 2.45) is 11.7 Å². The second-order valence-corrected chi connectivity index (χ2v) is 5.68. The van der Waals surface area contributed by atoms with Crippen molar-refractivity contribution in [3.05, 3.63) is 35.9 Å². The molecule has 0 aliphatic rings. The average Bonchev–Trinajstić information content (AvgIpc) is 2.34. The van der Waals surface area contributed by atoms with E-state index in [1.165, 1.54) is 5.56 Å². The summed E-state index contributed by atoms with van der Waals surface area (Å²) < 4.78 is 5.27. The molecular weight excluding hydrogens is 238 g/mol. The lowest BCUT2D eigenvalue weighted by Gasteiger charge is -2.34. The van der Waals surface area contributed by atoms with Gasteiger partial charge in [-0.25, -0.2) is 4.79 Å². The zero-order chi connectivity index (χ0) is 14.5. The summed E-state index contributed by atoms with van der Waals surface area (Å²) in [5.74, 6) is 0.720. The van der Waals surface area contributed by atoms with E-state index in [0.717, 1.165) is 12.8 Å². The van der Waals surface area contributed by atoms with Crippen LogP contribution in [0, 0.1) is 5.92 Å². The van der Waals surface area contributed by atoms with Crippen molar-refractivity contribution in [2.75, 3.05) is 0 Å². The minimum atomic E-state index is -0.698. The van der Waals surface area contributed by atoms with Crippen LogP contribution < -0.4 is 5.73 Å². The molecule has 0 radical (unpaired) electrons. The quantitative estimate of drug-likeness (QED) is 0.840. The smallest absolute Gasteiger partial charge is 0.405 e. The van der Waals surface area contributed by atoms with E-state index >= 15 is 0 Å². The summed E-state index contributed by atoms with van der Waals surface area (Å²) in [6.07, 6.45) is 1.23. The lowest BCUT2D eigenvalue weighted by molar-refractivity contribution is -0.00762. The fraction of sp³-hybridized carbons (Fsp3) is 0.562. The minimum Gasteiger partial charge on any atom is -0.443 e. The highest BCUT2D eigenvalue weighted by Crippen LogP contribution is 2.33. The Balaban J connectivity index is 2.74. The number of benzene rings is 1. The Kier molecular flexibility index (Phi) is 5.40.